The summed E-state index contributed by atoms with van der Waals surface area (Å²) in [5, 5.41) is 4.20. The molecular weight excluding hydrogens is 304 g/mol. The maximum absolute atomic E-state index is 5.88. The molecule has 4 rings (SSSR count). The van der Waals surface area contributed by atoms with Crippen LogP contribution in [0.3, 0.4) is 0 Å². The van der Waals surface area contributed by atoms with E-state index >= 15 is 0 Å². The van der Waals surface area contributed by atoms with Crippen LogP contribution in [0.4, 0.5) is 11.6 Å². The van der Waals surface area contributed by atoms with Gasteiger partial charge >= 0.3 is 0 Å². The van der Waals surface area contributed by atoms with Crippen molar-refractivity contribution in [3.8, 4) is 5.82 Å². The summed E-state index contributed by atoms with van der Waals surface area (Å²) < 4.78 is 3.57. The fourth-order valence-electron chi connectivity index (χ4n) is 2.65. The molecule has 4 aromatic rings. The number of hydrogen-bond donors (Lipinski definition) is 2. The average Bonchev–Trinajstić information content (AvgIpc) is 3.21. The van der Waals surface area contributed by atoms with Crippen molar-refractivity contribution in [1.29, 1.82) is 0 Å². The van der Waals surface area contributed by atoms with E-state index in [-0.39, 0.29) is 5.95 Å². The first-order valence-corrected chi connectivity index (χ1v) is 7.45. The molecule has 0 radical (unpaired) electrons. The number of rotatable bonds is 3. The summed E-state index contributed by atoms with van der Waals surface area (Å²) in [7, 11) is 0. The van der Waals surface area contributed by atoms with E-state index in [9.17, 15) is 0 Å². The van der Waals surface area contributed by atoms with Gasteiger partial charge in [0.25, 0.3) is 0 Å². The van der Waals surface area contributed by atoms with E-state index in [0.29, 0.717) is 23.5 Å². The molecule has 0 saturated heterocycles. The summed E-state index contributed by atoms with van der Waals surface area (Å²) in [5.41, 5.74) is 16.0. The van der Waals surface area contributed by atoms with Crippen molar-refractivity contribution < 1.29 is 0 Å². The van der Waals surface area contributed by atoms with E-state index in [1.807, 2.05) is 29.7 Å². The number of nitrogen functional groups attached to an aromatic ring is 2. The number of aromatic nitrogens is 6. The SMILES string of the molecule is Cc1cc(Cn2cnc3c(-n4cccn4)nc(N)nc32)ccc1N. The highest BCUT2D eigenvalue weighted by atomic mass is 15.3. The van der Waals surface area contributed by atoms with Crippen molar-refractivity contribution in [3.63, 3.8) is 0 Å². The molecule has 3 aromatic heterocycles. The molecule has 0 aliphatic rings. The van der Waals surface area contributed by atoms with Gasteiger partial charge in [-0.1, -0.05) is 12.1 Å². The topological polar surface area (TPSA) is 113 Å². The molecule has 0 fully saturated rings. The summed E-state index contributed by atoms with van der Waals surface area (Å²) in [6.07, 6.45) is 5.21. The van der Waals surface area contributed by atoms with Gasteiger partial charge in [0.2, 0.25) is 5.95 Å². The van der Waals surface area contributed by atoms with E-state index in [1.165, 1.54) is 0 Å². The van der Waals surface area contributed by atoms with E-state index < -0.39 is 0 Å². The number of anilines is 2. The van der Waals surface area contributed by atoms with Crippen molar-refractivity contribution in [1.82, 2.24) is 29.3 Å². The molecule has 3 heterocycles. The Morgan fingerprint density at radius 3 is 2.79 bits per heavy atom. The molecule has 8 heteroatoms. The Balaban J connectivity index is 1.81. The Kier molecular flexibility index (Phi) is 3.16. The highest BCUT2D eigenvalue weighted by Crippen LogP contribution is 2.20. The second-order valence-electron chi connectivity index (χ2n) is 5.59. The quantitative estimate of drug-likeness (QED) is 0.553. The number of hydrogen-bond acceptors (Lipinski definition) is 6. The number of fused-ring (bicyclic) bond motifs is 1. The second kappa shape index (κ2) is 5.34. The third kappa shape index (κ3) is 2.34. The van der Waals surface area contributed by atoms with Crippen LogP contribution in [0.5, 0.6) is 0 Å². The minimum Gasteiger partial charge on any atom is -0.399 e. The van der Waals surface area contributed by atoms with Gasteiger partial charge in [-0.2, -0.15) is 15.1 Å². The Morgan fingerprint density at radius 1 is 1.17 bits per heavy atom. The fraction of sp³-hybridized carbons (Fsp3) is 0.125. The summed E-state index contributed by atoms with van der Waals surface area (Å²) in [6.45, 7) is 2.60. The third-order valence-electron chi connectivity index (χ3n) is 3.87. The maximum Gasteiger partial charge on any atom is 0.224 e. The predicted molar refractivity (Wildman–Crippen MR) is 91.6 cm³/mol. The van der Waals surface area contributed by atoms with Crippen LogP contribution >= 0.6 is 0 Å². The van der Waals surface area contributed by atoms with Crippen LogP contribution in [0, 0.1) is 6.92 Å². The molecule has 120 valence electrons. The number of nitrogens with two attached hydrogens (primary N) is 2. The zero-order valence-corrected chi connectivity index (χ0v) is 13.1. The van der Waals surface area contributed by atoms with Gasteiger partial charge < -0.3 is 16.0 Å². The average molecular weight is 320 g/mol. The molecule has 0 amide bonds. The zero-order chi connectivity index (χ0) is 16.7. The largest absolute Gasteiger partial charge is 0.399 e. The Morgan fingerprint density at radius 2 is 2.04 bits per heavy atom. The van der Waals surface area contributed by atoms with Crippen LogP contribution in [0.2, 0.25) is 0 Å². The first-order chi connectivity index (χ1) is 11.6. The highest BCUT2D eigenvalue weighted by molar-refractivity contribution is 5.79. The van der Waals surface area contributed by atoms with Crippen molar-refractivity contribution in [2.24, 2.45) is 0 Å². The molecule has 1 aromatic carbocycles. The summed E-state index contributed by atoms with van der Waals surface area (Å²) in [5.74, 6) is 0.748. The van der Waals surface area contributed by atoms with Gasteiger partial charge in [-0.25, -0.2) is 9.67 Å². The monoisotopic (exact) mass is 320 g/mol. The zero-order valence-electron chi connectivity index (χ0n) is 13.1. The van der Waals surface area contributed by atoms with Crippen LogP contribution in [-0.4, -0.2) is 29.3 Å². The second-order valence-corrected chi connectivity index (χ2v) is 5.59. The Bertz CT molecular complexity index is 1020. The summed E-state index contributed by atoms with van der Waals surface area (Å²) >= 11 is 0. The lowest BCUT2D eigenvalue weighted by atomic mass is 10.1. The van der Waals surface area contributed by atoms with Crippen LogP contribution < -0.4 is 11.5 Å². The maximum atomic E-state index is 5.88. The van der Waals surface area contributed by atoms with Crippen molar-refractivity contribution in [2.75, 3.05) is 11.5 Å². The molecule has 0 aliphatic carbocycles. The van der Waals surface area contributed by atoms with Crippen LogP contribution in [0.15, 0.2) is 43.0 Å². The lowest BCUT2D eigenvalue weighted by molar-refractivity contribution is 0.811. The van der Waals surface area contributed by atoms with Gasteiger partial charge in [-0.05, 0) is 30.2 Å². The standard InChI is InChI=1S/C16H16N8/c1-10-7-11(3-4-12(10)17)8-23-9-19-13-14(23)21-16(18)22-15(13)24-6-2-5-20-24/h2-7,9H,8,17H2,1H3,(H2,18,21,22). The Hall–Kier alpha value is -3.42. The Labute approximate surface area is 137 Å². The van der Waals surface area contributed by atoms with Crippen molar-refractivity contribution in [3.05, 3.63) is 54.1 Å². The van der Waals surface area contributed by atoms with Crippen LogP contribution in [-0.2, 0) is 6.54 Å². The molecule has 0 saturated carbocycles. The minimum atomic E-state index is 0.184. The summed E-state index contributed by atoms with van der Waals surface area (Å²) in [4.78, 5) is 13.1. The molecule has 0 unspecified atom stereocenters. The van der Waals surface area contributed by atoms with Gasteiger partial charge in [0, 0.05) is 18.1 Å². The molecule has 24 heavy (non-hydrogen) atoms. The van der Waals surface area contributed by atoms with Crippen LogP contribution in [0.1, 0.15) is 11.1 Å². The first-order valence-electron chi connectivity index (χ1n) is 7.45. The number of imidazole rings is 1. The van der Waals surface area contributed by atoms with Crippen LogP contribution in [0.25, 0.3) is 17.0 Å². The van der Waals surface area contributed by atoms with E-state index in [4.69, 9.17) is 11.5 Å². The molecule has 0 bridgehead atoms. The number of benzene rings is 1. The van der Waals surface area contributed by atoms with Crippen molar-refractivity contribution in [2.45, 2.75) is 13.5 Å². The van der Waals surface area contributed by atoms with Crippen molar-refractivity contribution >= 4 is 22.8 Å². The van der Waals surface area contributed by atoms with Gasteiger partial charge in [0.15, 0.2) is 17.0 Å². The van der Waals surface area contributed by atoms with Gasteiger partial charge in [0.1, 0.15) is 0 Å². The fourth-order valence-corrected chi connectivity index (χ4v) is 2.65. The summed E-state index contributed by atoms with van der Waals surface area (Å²) in [6, 6.07) is 7.77. The lowest BCUT2D eigenvalue weighted by Gasteiger charge is -2.08. The lowest BCUT2D eigenvalue weighted by Crippen LogP contribution is -2.07. The first kappa shape index (κ1) is 14.2. The molecular formula is C16H16N8. The molecule has 0 spiro atoms. The molecule has 4 N–H and O–H groups in total. The normalized spacial score (nSPS) is 11.2. The van der Waals surface area contributed by atoms with Gasteiger partial charge in [-0.3, -0.25) is 0 Å². The van der Waals surface area contributed by atoms with E-state index in [2.05, 4.69) is 26.1 Å². The van der Waals surface area contributed by atoms with E-state index in [0.717, 1.165) is 16.8 Å². The molecule has 0 aliphatic heterocycles. The van der Waals surface area contributed by atoms with Gasteiger partial charge in [-0.15, -0.1) is 0 Å². The molecule has 0 atom stereocenters. The smallest absolute Gasteiger partial charge is 0.224 e. The number of aryl methyl sites for hydroxylation is 1. The minimum absolute atomic E-state index is 0.184. The number of nitrogens with zero attached hydrogens (tertiary/aromatic N) is 6. The highest BCUT2D eigenvalue weighted by Gasteiger charge is 2.14. The van der Waals surface area contributed by atoms with E-state index in [1.54, 1.807) is 23.4 Å². The predicted octanol–water partition coefficient (Wildman–Crippen LogP) is 1.53. The molecule has 8 nitrogen and oxygen atoms in total. The van der Waals surface area contributed by atoms with Gasteiger partial charge in [0.05, 0.1) is 12.9 Å². The third-order valence-corrected chi connectivity index (χ3v) is 3.87.